The van der Waals surface area contributed by atoms with Gasteiger partial charge in [0.2, 0.25) is 0 Å². The van der Waals surface area contributed by atoms with Gasteiger partial charge in [-0.05, 0) is 32.5 Å². The molecule has 0 radical (unpaired) electrons. The van der Waals surface area contributed by atoms with Crippen LogP contribution in [0.4, 0.5) is 0 Å². The van der Waals surface area contributed by atoms with Crippen molar-refractivity contribution in [2.75, 3.05) is 7.05 Å². The van der Waals surface area contributed by atoms with E-state index in [2.05, 4.69) is 42.3 Å². The predicted octanol–water partition coefficient (Wildman–Crippen LogP) is 2.59. The largest absolute Gasteiger partial charge is 0.485 e. The third kappa shape index (κ3) is 3.15. The molecule has 19 heavy (non-hydrogen) atoms. The van der Waals surface area contributed by atoms with Gasteiger partial charge in [0.25, 0.3) is 0 Å². The van der Waals surface area contributed by atoms with E-state index in [0.717, 1.165) is 11.6 Å². The van der Waals surface area contributed by atoms with Gasteiger partial charge in [-0.3, -0.25) is 0 Å². The minimum absolute atomic E-state index is 0.261. The molecule has 0 fully saturated rings. The smallest absolute Gasteiger partial charge is 0.146 e. The van der Waals surface area contributed by atoms with Gasteiger partial charge < -0.3 is 14.6 Å². The van der Waals surface area contributed by atoms with Crippen LogP contribution in [0.2, 0.25) is 0 Å². The number of nitrogens with zero attached hydrogens (tertiary/aromatic N) is 2. The Bertz CT molecular complexity index is 548. The Morgan fingerprint density at radius 2 is 2.21 bits per heavy atom. The molecular formula is C15H21N3O. The van der Waals surface area contributed by atoms with E-state index in [1.165, 1.54) is 11.1 Å². The van der Waals surface area contributed by atoms with Crippen LogP contribution in [0, 0.1) is 6.92 Å². The molecule has 2 aromatic rings. The lowest BCUT2D eigenvalue weighted by molar-refractivity contribution is 0.286. The molecule has 1 aromatic carbocycles. The highest BCUT2D eigenvalue weighted by Gasteiger charge is 2.11. The topological polar surface area (TPSA) is 39.1 Å². The maximum atomic E-state index is 5.94. The number of hydrogen-bond acceptors (Lipinski definition) is 3. The second-order valence-electron chi connectivity index (χ2n) is 4.79. The molecule has 0 spiro atoms. The van der Waals surface area contributed by atoms with Gasteiger partial charge in [0.05, 0.1) is 0 Å². The molecule has 1 N–H and O–H groups in total. The summed E-state index contributed by atoms with van der Waals surface area (Å²) in [6.07, 6.45) is 3.71. The van der Waals surface area contributed by atoms with E-state index < -0.39 is 0 Å². The first-order valence-electron chi connectivity index (χ1n) is 6.48. The van der Waals surface area contributed by atoms with Crippen molar-refractivity contribution in [1.29, 1.82) is 0 Å². The van der Waals surface area contributed by atoms with Gasteiger partial charge in [-0.25, -0.2) is 4.98 Å². The van der Waals surface area contributed by atoms with Crippen molar-refractivity contribution in [2.24, 2.45) is 7.05 Å². The van der Waals surface area contributed by atoms with Crippen LogP contribution in [0.15, 0.2) is 30.6 Å². The van der Waals surface area contributed by atoms with Crippen molar-refractivity contribution in [3.63, 3.8) is 0 Å². The zero-order valence-electron chi connectivity index (χ0n) is 12.0. The molecule has 1 atom stereocenters. The SMILES string of the molecule is CNC(C)c1ccc(C)cc1OCc1nccn1C. The van der Waals surface area contributed by atoms with Gasteiger partial charge in [0.1, 0.15) is 18.2 Å². The van der Waals surface area contributed by atoms with Gasteiger partial charge in [-0.15, -0.1) is 0 Å². The van der Waals surface area contributed by atoms with E-state index in [1.54, 1.807) is 6.20 Å². The first-order valence-corrected chi connectivity index (χ1v) is 6.48. The zero-order chi connectivity index (χ0) is 13.8. The van der Waals surface area contributed by atoms with Crippen LogP contribution in [-0.2, 0) is 13.7 Å². The molecule has 0 aliphatic heterocycles. The minimum Gasteiger partial charge on any atom is -0.485 e. The van der Waals surface area contributed by atoms with E-state index in [9.17, 15) is 0 Å². The molecule has 4 nitrogen and oxygen atoms in total. The third-order valence-corrected chi connectivity index (χ3v) is 3.35. The number of benzene rings is 1. The van der Waals surface area contributed by atoms with Crippen molar-refractivity contribution in [3.8, 4) is 5.75 Å². The van der Waals surface area contributed by atoms with E-state index in [0.29, 0.717) is 6.61 Å². The summed E-state index contributed by atoms with van der Waals surface area (Å²) in [7, 11) is 3.92. The van der Waals surface area contributed by atoms with E-state index in [-0.39, 0.29) is 6.04 Å². The highest BCUT2D eigenvalue weighted by atomic mass is 16.5. The highest BCUT2D eigenvalue weighted by Crippen LogP contribution is 2.26. The fourth-order valence-corrected chi connectivity index (χ4v) is 1.96. The summed E-state index contributed by atoms with van der Waals surface area (Å²) >= 11 is 0. The number of rotatable bonds is 5. The highest BCUT2D eigenvalue weighted by molar-refractivity contribution is 5.39. The molecular weight excluding hydrogens is 238 g/mol. The van der Waals surface area contributed by atoms with Crippen LogP contribution >= 0.6 is 0 Å². The second-order valence-corrected chi connectivity index (χ2v) is 4.79. The first-order chi connectivity index (χ1) is 9.11. The number of ether oxygens (including phenoxy) is 1. The molecule has 0 aliphatic rings. The standard InChI is InChI=1S/C15H21N3O/c1-11-5-6-13(12(2)16-3)14(9-11)19-10-15-17-7-8-18(15)4/h5-9,12,16H,10H2,1-4H3. The summed E-state index contributed by atoms with van der Waals surface area (Å²) in [6.45, 7) is 4.68. The van der Waals surface area contributed by atoms with Crippen LogP contribution in [0.5, 0.6) is 5.75 Å². The van der Waals surface area contributed by atoms with Gasteiger partial charge in [-0.1, -0.05) is 12.1 Å². The number of hydrogen-bond donors (Lipinski definition) is 1. The van der Waals surface area contributed by atoms with Gasteiger partial charge >= 0.3 is 0 Å². The first kappa shape index (κ1) is 13.6. The van der Waals surface area contributed by atoms with Crippen molar-refractivity contribution >= 4 is 0 Å². The molecule has 1 unspecified atom stereocenters. The predicted molar refractivity (Wildman–Crippen MR) is 76.2 cm³/mol. The van der Waals surface area contributed by atoms with Gasteiger partial charge in [0.15, 0.2) is 0 Å². The second kappa shape index (κ2) is 5.89. The van der Waals surface area contributed by atoms with Crippen LogP contribution in [0.1, 0.15) is 29.9 Å². The monoisotopic (exact) mass is 259 g/mol. The molecule has 0 aliphatic carbocycles. The zero-order valence-corrected chi connectivity index (χ0v) is 12.0. The van der Waals surface area contributed by atoms with Crippen molar-refractivity contribution in [3.05, 3.63) is 47.5 Å². The summed E-state index contributed by atoms with van der Waals surface area (Å²) in [4.78, 5) is 4.27. The lowest BCUT2D eigenvalue weighted by Crippen LogP contribution is -2.14. The molecule has 4 heteroatoms. The van der Waals surface area contributed by atoms with E-state index >= 15 is 0 Å². The number of aromatic nitrogens is 2. The van der Waals surface area contributed by atoms with Crippen molar-refractivity contribution < 1.29 is 4.74 Å². The normalized spacial score (nSPS) is 12.4. The molecule has 1 aromatic heterocycles. The van der Waals surface area contributed by atoms with Gasteiger partial charge in [-0.2, -0.15) is 0 Å². The maximum absolute atomic E-state index is 5.94. The fraction of sp³-hybridized carbons (Fsp3) is 0.400. The molecule has 102 valence electrons. The molecule has 2 rings (SSSR count). The fourth-order valence-electron chi connectivity index (χ4n) is 1.96. The quantitative estimate of drug-likeness (QED) is 0.897. The summed E-state index contributed by atoms with van der Waals surface area (Å²) in [5, 5.41) is 3.24. The van der Waals surface area contributed by atoms with Crippen LogP contribution in [0.3, 0.4) is 0 Å². The maximum Gasteiger partial charge on any atom is 0.146 e. The minimum atomic E-state index is 0.261. The Morgan fingerprint density at radius 3 is 2.84 bits per heavy atom. The van der Waals surface area contributed by atoms with Gasteiger partial charge in [0, 0.05) is 31.0 Å². The van der Waals surface area contributed by atoms with Crippen LogP contribution in [0.25, 0.3) is 0 Å². The summed E-state index contributed by atoms with van der Waals surface area (Å²) in [6, 6.07) is 6.56. The summed E-state index contributed by atoms with van der Waals surface area (Å²) in [5.74, 6) is 1.84. The Morgan fingerprint density at radius 1 is 1.42 bits per heavy atom. The molecule has 0 amide bonds. The Kier molecular flexibility index (Phi) is 4.22. The Balaban J connectivity index is 2.19. The van der Waals surface area contributed by atoms with Crippen LogP contribution in [-0.4, -0.2) is 16.6 Å². The Labute approximate surface area is 114 Å². The third-order valence-electron chi connectivity index (χ3n) is 3.35. The lowest BCUT2D eigenvalue weighted by Gasteiger charge is -2.17. The van der Waals surface area contributed by atoms with Crippen molar-refractivity contribution in [1.82, 2.24) is 14.9 Å². The molecule has 1 heterocycles. The molecule has 0 saturated carbocycles. The van der Waals surface area contributed by atoms with Crippen molar-refractivity contribution in [2.45, 2.75) is 26.5 Å². The number of nitrogens with one attached hydrogen (secondary N) is 1. The Hall–Kier alpha value is -1.81. The van der Waals surface area contributed by atoms with E-state index in [1.807, 2.05) is 24.9 Å². The molecule has 0 saturated heterocycles. The summed E-state index contributed by atoms with van der Waals surface area (Å²) in [5.41, 5.74) is 2.37. The van der Waals surface area contributed by atoms with E-state index in [4.69, 9.17) is 4.74 Å². The molecule has 0 bridgehead atoms. The lowest BCUT2D eigenvalue weighted by atomic mass is 10.1. The van der Waals surface area contributed by atoms with Crippen LogP contribution < -0.4 is 10.1 Å². The summed E-state index contributed by atoms with van der Waals surface area (Å²) < 4.78 is 7.91. The average molecular weight is 259 g/mol. The number of imidazole rings is 1. The average Bonchev–Trinajstić information content (AvgIpc) is 2.81. The number of aryl methyl sites for hydroxylation is 2.